The van der Waals surface area contributed by atoms with Crippen LogP contribution < -0.4 is 5.32 Å². The highest BCUT2D eigenvalue weighted by Crippen LogP contribution is 2.33. The molecule has 6 nitrogen and oxygen atoms in total. The Morgan fingerprint density at radius 3 is 2.76 bits per heavy atom. The fourth-order valence-corrected chi connectivity index (χ4v) is 3.57. The van der Waals surface area contributed by atoms with Gasteiger partial charge in [-0.1, -0.05) is 6.07 Å². The lowest BCUT2D eigenvalue weighted by Gasteiger charge is -2.14. The van der Waals surface area contributed by atoms with Crippen LogP contribution in [0.4, 0.5) is 17.6 Å². The number of nitrogens with one attached hydrogen (secondary N) is 1. The van der Waals surface area contributed by atoms with Gasteiger partial charge in [-0.3, -0.25) is 9.36 Å². The first-order valence-corrected chi connectivity index (χ1v) is 9.09. The number of halogens is 4. The van der Waals surface area contributed by atoms with E-state index in [0.29, 0.717) is 10.2 Å². The maximum Gasteiger partial charge on any atom is 0.416 e. The molecular formula is C18H11F4N5OS. The molecule has 0 spiro atoms. The Bertz CT molecular complexity index is 1190. The maximum atomic E-state index is 14.0. The average molecular weight is 421 g/mol. The summed E-state index contributed by atoms with van der Waals surface area (Å²) in [7, 11) is 0. The van der Waals surface area contributed by atoms with Crippen LogP contribution in [0.25, 0.3) is 16.2 Å². The van der Waals surface area contributed by atoms with Crippen LogP contribution in [0.5, 0.6) is 0 Å². The molecule has 0 saturated heterocycles. The van der Waals surface area contributed by atoms with Gasteiger partial charge in [0.2, 0.25) is 5.95 Å². The van der Waals surface area contributed by atoms with E-state index in [1.807, 2.05) is 0 Å². The Kier molecular flexibility index (Phi) is 4.74. The summed E-state index contributed by atoms with van der Waals surface area (Å²) in [6.07, 6.45) is -0.196. The largest absolute Gasteiger partial charge is 0.416 e. The molecule has 4 aromatic rings. The first-order chi connectivity index (χ1) is 13.8. The first kappa shape index (κ1) is 19.0. The number of imidazole rings is 1. The summed E-state index contributed by atoms with van der Waals surface area (Å²) < 4.78 is 55.4. The van der Waals surface area contributed by atoms with E-state index in [9.17, 15) is 22.4 Å². The molecule has 0 aliphatic carbocycles. The lowest BCUT2D eigenvalue weighted by Crippen LogP contribution is -2.26. The number of nitrogens with zero attached hydrogens (tertiary/aromatic N) is 4. The SMILES string of the molecule is O=C(NCc1c(F)cccc1C(F)(F)F)c1nc(-n2ccnc2)nc2ccsc12. The average Bonchev–Trinajstić information content (AvgIpc) is 3.36. The highest BCUT2D eigenvalue weighted by molar-refractivity contribution is 7.17. The molecular weight excluding hydrogens is 410 g/mol. The molecule has 148 valence electrons. The molecule has 1 aromatic carbocycles. The molecule has 0 atom stereocenters. The van der Waals surface area contributed by atoms with Crippen LogP contribution in [0, 0.1) is 5.82 Å². The molecule has 0 bridgehead atoms. The van der Waals surface area contributed by atoms with E-state index in [-0.39, 0.29) is 11.6 Å². The van der Waals surface area contributed by atoms with Crippen molar-refractivity contribution in [3.63, 3.8) is 0 Å². The molecule has 0 radical (unpaired) electrons. The zero-order valence-electron chi connectivity index (χ0n) is 14.4. The van der Waals surface area contributed by atoms with Crippen molar-refractivity contribution in [1.82, 2.24) is 24.8 Å². The van der Waals surface area contributed by atoms with Crippen molar-refractivity contribution in [2.45, 2.75) is 12.7 Å². The van der Waals surface area contributed by atoms with Gasteiger partial charge in [0.05, 0.1) is 15.8 Å². The minimum Gasteiger partial charge on any atom is -0.346 e. The molecule has 0 fully saturated rings. The second-order valence-electron chi connectivity index (χ2n) is 5.92. The third-order valence-electron chi connectivity index (χ3n) is 4.09. The normalized spacial score (nSPS) is 11.7. The van der Waals surface area contributed by atoms with Crippen LogP contribution in [0.15, 0.2) is 48.4 Å². The molecule has 4 rings (SSSR count). The summed E-state index contributed by atoms with van der Waals surface area (Å²) in [5, 5.41) is 4.05. The lowest BCUT2D eigenvalue weighted by atomic mass is 10.1. The zero-order valence-corrected chi connectivity index (χ0v) is 15.3. The van der Waals surface area contributed by atoms with Gasteiger partial charge in [0, 0.05) is 24.5 Å². The molecule has 0 saturated carbocycles. The number of hydrogen-bond donors (Lipinski definition) is 1. The standard InChI is InChI=1S/C18H11F4N5OS/c19-12-3-1-2-11(18(20,21)22)10(12)8-24-16(28)14-15-13(4-7-29-15)25-17(26-14)27-6-5-23-9-27/h1-7,9H,8H2,(H,24,28). The smallest absolute Gasteiger partial charge is 0.346 e. The summed E-state index contributed by atoms with van der Waals surface area (Å²) in [5.74, 6) is -1.61. The van der Waals surface area contributed by atoms with E-state index in [1.54, 1.807) is 17.6 Å². The van der Waals surface area contributed by atoms with Crippen molar-refractivity contribution in [3.8, 4) is 5.95 Å². The molecule has 0 aliphatic rings. The van der Waals surface area contributed by atoms with E-state index in [1.165, 1.54) is 28.4 Å². The number of carbonyl (C=O) groups excluding carboxylic acids is 1. The van der Waals surface area contributed by atoms with Gasteiger partial charge in [0.25, 0.3) is 5.91 Å². The van der Waals surface area contributed by atoms with Crippen molar-refractivity contribution in [3.05, 3.63) is 71.0 Å². The van der Waals surface area contributed by atoms with Crippen LogP contribution in [0.2, 0.25) is 0 Å². The lowest BCUT2D eigenvalue weighted by molar-refractivity contribution is -0.138. The number of carbonyl (C=O) groups is 1. The van der Waals surface area contributed by atoms with Gasteiger partial charge in [0.15, 0.2) is 5.69 Å². The van der Waals surface area contributed by atoms with E-state index in [0.717, 1.165) is 18.2 Å². The van der Waals surface area contributed by atoms with Crippen molar-refractivity contribution in [1.29, 1.82) is 0 Å². The first-order valence-electron chi connectivity index (χ1n) is 8.21. The minimum absolute atomic E-state index is 0.0152. The Morgan fingerprint density at radius 1 is 1.21 bits per heavy atom. The van der Waals surface area contributed by atoms with Gasteiger partial charge in [-0.05, 0) is 23.6 Å². The van der Waals surface area contributed by atoms with Crippen molar-refractivity contribution < 1.29 is 22.4 Å². The second-order valence-corrected chi connectivity index (χ2v) is 6.84. The number of rotatable bonds is 4. The summed E-state index contributed by atoms with van der Waals surface area (Å²) in [5.41, 5.74) is -1.29. The van der Waals surface area contributed by atoms with Crippen molar-refractivity contribution >= 4 is 27.5 Å². The van der Waals surface area contributed by atoms with E-state index in [2.05, 4.69) is 20.3 Å². The van der Waals surface area contributed by atoms with Crippen LogP contribution in [-0.4, -0.2) is 25.4 Å². The predicted octanol–water partition coefficient (Wildman–Crippen LogP) is 3.96. The molecule has 0 aliphatic heterocycles. The zero-order chi connectivity index (χ0) is 20.6. The van der Waals surface area contributed by atoms with Gasteiger partial charge in [-0.2, -0.15) is 13.2 Å². The number of aromatic nitrogens is 4. The third kappa shape index (κ3) is 3.68. The number of amides is 1. The summed E-state index contributed by atoms with van der Waals surface area (Å²) in [4.78, 5) is 25.1. The topological polar surface area (TPSA) is 72.7 Å². The van der Waals surface area contributed by atoms with Gasteiger partial charge in [-0.15, -0.1) is 11.3 Å². The van der Waals surface area contributed by atoms with E-state index >= 15 is 0 Å². The number of alkyl halides is 3. The summed E-state index contributed by atoms with van der Waals surface area (Å²) in [6.45, 7) is -0.641. The fourth-order valence-electron chi connectivity index (χ4n) is 2.75. The number of benzene rings is 1. The third-order valence-corrected chi connectivity index (χ3v) is 5.00. The molecule has 1 amide bonds. The Labute approximate surface area is 164 Å². The quantitative estimate of drug-likeness (QED) is 0.506. The Hall–Kier alpha value is -3.34. The van der Waals surface area contributed by atoms with Crippen LogP contribution in [0.3, 0.4) is 0 Å². The molecule has 0 unspecified atom stereocenters. The van der Waals surface area contributed by atoms with Crippen LogP contribution >= 0.6 is 11.3 Å². The second kappa shape index (κ2) is 7.24. The number of thiophene rings is 1. The van der Waals surface area contributed by atoms with Crippen molar-refractivity contribution in [2.75, 3.05) is 0 Å². The van der Waals surface area contributed by atoms with Crippen molar-refractivity contribution in [2.24, 2.45) is 0 Å². The summed E-state index contributed by atoms with van der Waals surface area (Å²) in [6, 6.07) is 4.35. The Morgan fingerprint density at radius 2 is 2.03 bits per heavy atom. The number of fused-ring (bicyclic) bond motifs is 1. The highest BCUT2D eigenvalue weighted by Gasteiger charge is 2.34. The molecule has 1 N–H and O–H groups in total. The highest BCUT2D eigenvalue weighted by atomic mass is 32.1. The van der Waals surface area contributed by atoms with Crippen LogP contribution in [0.1, 0.15) is 21.6 Å². The summed E-state index contributed by atoms with van der Waals surface area (Å²) >= 11 is 1.22. The predicted molar refractivity (Wildman–Crippen MR) is 97.1 cm³/mol. The monoisotopic (exact) mass is 421 g/mol. The molecule has 3 heterocycles. The van der Waals surface area contributed by atoms with Gasteiger partial charge in [-0.25, -0.2) is 19.3 Å². The Balaban J connectivity index is 1.67. The van der Waals surface area contributed by atoms with E-state index in [4.69, 9.17) is 0 Å². The van der Waals surface area contributed by atoms with Gasteiger partial charge >= 0.3 is 6.18 Å². The van der Waals surface area contributed by atoms with Gasteiger partial charge < -0.3 is 5.32 Å². The minimum atomic E-state index is -4.74. The fraction of sp³-hybridized carbons (Fsp3) is 0.111. The molecule has 29 heavy (non-hydrogen) atoms. The molecule has 3 aromatic heterocycles. The molecule has 11 heteroatoms. The number of hydrogen-bond acceptors (Lipinski definition) is 5. The van der Waals surface area contributed by atoms with E-state index < -0.39 is 35.6 Å². The van der Waals surface area contributed by atoms with Crippen LogP contribution in [-0.2, 0) is 12.7 Å². The van der Waals surface area contributed by atoms with Gasteiger partial charge in [0.1, 0.15) is 12.1 Å². The maximum absolute atomic E-state index is 14.0.